The molecule has 1 atom stereocenters. The predicted octanol–water partition coefficient (Wildman–Crippen LogP) is 4.22. The van der Waals surface area contributed by atoms with Gasteiger partial charge in [0.05, 0.1) is 17.7 Å². The molecule has 1 N–H and O–H groups in total. The molecule has 0 heterocycles. The van der Waals surface area contributed by atoms with Crippen molar-refractivity contribution in [3.8, 4) is 5.75 Å². The van der Waals surface area contributed by atoms with Crippen molar-refractivity contribution in [1.29, 1.82) is 0 Å². The Balaban J connectivity index is 2.02. The summed E-state index contributed by atoms with van der Waals surface area (Å²) in [4.78, 5) is 28.6. The van der Waals surface area contributed by atoms with Crippen LogP contribution in [0.4, 0.5) is 5.69 Å². The molecule has 0 saturated carbocycles. The molecule has 0 bridgehead atoms. The van der Waals surface area contributed by atoms with Crippen LogP contribution in [0.5, 0.6) is 5.75 Å². The number of carbonyl (C=O) groups excluding carboxylic acids is 2. The Morgan fingerprint density at radius 1 is 0.895 bits per heavy atom. The van der Waals surface area contributed by atoms with E-state index in [0.29, 0.717) is 17.9 Å². The van der Waals surface area contributed by atoms with Crippen LogP contribution in [0.2, 0.25) is 0 Å². The molecule has 0 aliphatic heterocycles. The van der Waals surface area contributed by atoms with E-state index in [0.717, 1.165) is 9.87 Å². The summed E-state index contributed by atoms with van der Waals surface area (Å²) >= 11 is 0. The number of nitrogens with one attached hydrogen (secondary N) is 1. The molecule has 3 rings (SSSR count). The maximum absolute atomic E-state index is 13.9. The van der Waals surface area contributed by atoms with Crippen LogP contribution in [0.3, 0.4) is 0 Å². The van der Waals surface area contributed by atoms with Crippen LogP contribution in [0.1, 0.15) is 32.8 Å². The first kappa shape index (κ1) is 28.7. The summed E-state index contributed by atoms with van der Waals surface area (Å²) in [5.41, 5.74) is 1.14. The lowest BCUT2D eigenvalue weighted by molar-refractivity contribution is -0.140. The number of rotatable bonds is 12. The molecule has 3 aromatic carbocycles. The highest BCUT2D eigenvalue weighted by molar-refractivity contribution is 7.92. The first-order chi connectivity index (χ1) is 18.2. The Morgan fingerprint density at radius 2 is 1.47 bits per heavy atom. The lowest BCUT2D eigenvalue weighted by Crippen LogP contribution is -2.53. The predicted molar refractivity (Wildman–Crippen MR) is 148 cm³/mol. The summed E-state index contributed by atoms with van der Waals surface area (Å²) in [6, 6.07) is 22.8. The number of anilines is 1. The Kier molecular flexibility index (Phi) is 9.90. The van der Waals surface area contributed by atoms with Gasteiger partial charge in [-0.1, -0.05) is 55.5 Å². The normalized spacial score (nSPS) is 12.0. The van der Waals surface area contributed by atoms with Gasteiger partial charge in [-0.3, -0.25) is 13.9 Å². The average Bonchev–Trinajstić information content (AvgIpc) is 2.92. The molecule has 0 spiro atoms. The van der Waals surface area contributed by atoms with E-state index in [1.54, 1.807) is 67.8 Å². The molecule has 0 aromatic heterocycles. The lowest BCUT2D eigenvalue weighted by Gasteiger charge is -2.33. The second kappa shape index (κ2) is 13.1. The van der Waals surface area contributed by atoms with E-state index in [-0.39, 0.29) is 23.4 Å². The van der Waals surface area contributed by atoms with Crippen molar-refractivity contribution >= 4 is 27.5 Å². The summed E-state index contributed by atoms with van der Waals surface area (Å²) in [5.74, 6) is -0.114. The SMILES string of the molecule is CCC(C(=O)NC(C)C)N(Cc1ccc(OC)cc1)C(=O)CN(c1ccccc1)S(=O)(=O)c1ccccc1. The third-order valence-corrected chi connectivity index (χ3v) is 7.77. The van der Waals surface area contributed by atoms with Crippen molar-refractivity contribution in [3.05, 3.63) is 90.5 Å². The minimum absolute atomic E-state index is 0.0722. The molecule has 9 heteroatoms. The van der Waals surface area contributed by atoms with Crippen LogP contribution in [0, 0.1) is 0 Å². The second-order valence-electron chi connectivity index (χ2n) is 9.12. The van der Waals surface area contributed by atoms with Crippen LogP contribution < -0.4 is 14.4 Å². The van der Waals surface area contributed by atoms with Crippen molar-refractivity contribution in [2.75, 3.05) is 18.0 Å². The number of ether oxygens (including phenoxy) is 1. The number of benzene rings is 3. The number of hydrogen-bond donors (Lipinski definition) is 1. The van der Waals surface area contributed by atoms with E-state index >= 15 is 0 Å². The minimum atomic E-state index is -4.07. The Labute approximate surface area is 225 Å². The second-order valence-corrected chi connectivity index (χ2v) is 11.0. The van der Waals surface area contributed by atoms with Gasteiger partial charge in [-0.25, -0.2) is 8.42 Å². The van der Waals surface area contributed by atoms with Crippen molar-refractivity contribution < 1.29 is 22.7 Å². The summed E-state index contributed by atoms with van der Waals surface area (Å²) in [6.07, 6.45) is 0.358. The first-order valence-electron chi connectivity index (χ1n) is 12.5. The van der Waals surface area contributed by atoms with Crippen molar-refractivity contribution in [1.82, 2.24) is 10.2 Å². The zero-order valence-electron chi connectivity index (χ0n) is 22.2. The largest absolute Gasteiger partial charge is 0.497 e. The fourth-order valence-electron chi connectivity index (χ4n) is 4.07. The molecular formula is C29H35N3O5S. The topological polar surface area (TPSA) is 96.0 Å². The molecule has 38 heavy (non-hydrogen) atoms. The van der Waals surface area contributed by atoms with Gasteiger partial charge < -0.3 is 15.0 Å². The minimum Gasteiger partial charge on any atom is -0.497 e. The molecule has 8 nitrogen and oxygen atoms in total. The number of carbonyl (C=O) groups is 2. The first-order valence-corrected chi connectivity index (χ1v) is 14.0. The molecule has 3 aromatic rings. The fourth-order valence-corrected chi connectivity index (χ4v) is 5.51. The highest BCUT2D eigenvalue weighted by Gasteiger charge is 2.33. The zero-order valence-corrected chi connectivity index (χ0v) is 23.0. The average molecular weight is 538 g/mol. The van der Waals surface area contributed by atoms with Crippen LogP contribution in [0.15, 0.2) is 89.8 Å². The molecule has 202 valence electrons. The molecule has 2 amide bonds. The summed E-state index contributed by atoms with van der Waals surface area (Å²) in [5, 5.41) is 2.89. The maximum Gasteiger partial charge on any atom is 0.264 e. The van der Waals surface area contributed by atoms with Crippen LogP contribution >= 0.6 is 0 Å². The zero-order chi connectivity index (χ0) is 27.7. The number of amides is 2. The van der Waals surface area contributed by atoms with Gasteiger partial charge in [0.25, 0.3) is 10.0 Å². The van der Waals surface area contributed by atoms with E-state index in [4.69, 9.17) is 4.74 Å². The Hall–Kier alpha value is -3.85. The maximum atomic E-state index is 13.9. The van der Waals surface area contributed by atoms with Gasteiger partial charge in [-0.05, 0) is 62.2 Å². The van der Waals surface area contributed by atoms with E-state index < -0.39 is 28.5 Å². The van der Waals surface area contributed by atoms with Crippen LogP contribution in [0.25, 0.3) is 0 Å². The van der Waals surface area contributed by atoms with Gasteiger partial charge >= 0.3 is 0 Å². The van der Waals surface area contributed by atoms with Crippen LogP contribution in [-0.4, -0.2) is 50.9 Å². The summed E-state index contributed by atoms with van der Waals surface area (Å²) in [7, 11) is -2.50. The van der Waals surface area contributed by atoms with Gasteiger partial charge in [-0.2, -0.15) is 0 Å². The fraction of sp³-hybridized carbons (Fsp3) is 0.310. The van der Waals surface area contributed by atoms with Crippen LogP contribution in [-0.2, 0) is 26.2 Å². The number of hydrogen-bond acceptors (Lipinski definition) is 5. The smallest absolute Gasteiger partial charge is 0.264 e. The highest BCUT2D eigenvalue weighted by atomic mass is 32.2. The van der Waals surface area contributed by atoms with Gasteiger partial charge in [0, 0.05) is 12.6 Å². The molecule has 1 unspecified atom stereocenters. The summed E-state index contributed by atoms with van der Waals surface area (Å²) in [6.45, 7) is 5.19. The lowest BCUT2D eigenvalue weighted by atomic mass is 10.1. The molecule has 0 aliphatic carbocycles. The number of methoxy groups -OCH3 is 1. The van der Waals surface area contributed by atoms with Crippen molar-refractivity contribution in [3.63, 3.8) is 0 Å². The van der Waals surface area contributed by atoms with Crippen molar-refractivity contribution in [2.45, 2.75) is 50.7 Å². The highest BCUT2D eigenvalue weighted by Crippen LogP contribution is 2.25. The Bertz CT molecular complexity index is 1300. The van der Waals surface area contributed by atoms with Gasteiger partial charge in [-0.15, -0.1) is 0 Å². The standard InChI is InChI=1S/C29H35N3O5S/c1-5-27(29(34)30-22(2)3)31(20-23-16-18-25(37-4)19-17-23)28(33)21-32(24-12-8-6-9-13-24)38(35,36)26-14-10-7-11-15-26/h6-19,22,27H,5,20-21H2,1-4H3,(H,30,34). The van der Waals surface area contributed by atoms with E-state index in [1.807, 2.05) is 32.9 Å². The third kappa shape index (κ3) is 7.13. The third-order valence-electron chi connectivity index (χ3n) is 5.98. The van der Waals surface area contributed by atoms with Gasteiger partial charge in [0.2, 0.25) is 11.8 Å². The van der Waals surface area contributed by atoms with E-state index in [9.17, 15) is 18.0 Å². The van der Waals surface area contributed by atoms with Gasteiger partial charge in [0.15, 0.2) is 0 Å². The quantitative estimate of drug-likeness (QED) is 0.373. The number of sulfonamides is 1. The van der Waals surface area contributed by atoms with Gasteiger partial charge in [0.1, 0.15) is 18.3 Å². The number of para-hydroxylation sites is 1. The molecule has 0 saturated heterocycles. The molecule has 0 radical (unpaired) electrons. The summed E-state index contributed by atoms with van der Waals surface area (Å²) < 4.78 is 33.7. The van der Waals surface area contributed by atoms with E-state index in [1.165, 1.54) is 17.0 Å². The van der Waals surface area contributed by atoms with Crippen molar-refractivity contribution in [2.24, 2.45) is 0 Å². The molecular weight excluding hydrogens is 502 g/mol. The molecule has 0 aliphatic rings. The van der Waals surface area contributed by atoms with E-state index in [2.05, 4.69) is 5.32 Å². The monoisotopic (exact) mass is 537 g/mol. The Morgan fingerprint density at radius 3 is 2.00 bits per heavy atom. The number of nitrogens with zero attached hydrogens (tertiary/aromatic N) is 2. The molecule has 0 fully saturated rings.